The highest BCUT2D eigenvalue weighted by Crippen LogP contribution is 2.37. The van der Waals surface area contributed by atoms with Gasteiger partial charge in [-0.2, -0.15) is 0 Å². The zero-order valence-electron chi connectivity index (χ0n) is 16.5. The first-order valence-electron chi connectivity index (χ1n) is 9.59. The highest BCUT2D eigenvalue weighted by Gasteiger charge is 2.25. The van der Waals surface area contributed by atoms with Gasteiger partial charge in [-0.1, -0.05) is 60.7 Å². The van der Waals surface area contributed by atoms with Gasteiger partial charge in [-0.15, -0.1) is 0 Å². The summed E-state index contributed by atoms with van der Waals surface area (Å²) in [6.07, 6.45) is -0.820. The molecule has 30 heavy (non-hydrogen) atoms. The van der Waals surface area contributed by atoms with Crippen molar-refractivity contribution in [1.82, 2.24) is 0 Å². The van der Waals surface area contributed by atoms with Crippen molar-refractivity contribution >= 4 is 17.4 Å². The minimum atomic E-state index is -0.820. The summed E-state index contributed by atoms with van der Waals surface area (Å²) < 4.78 is 16.7. The minimum Gasteiger partial charge on any atom is -0.486 e. The molecule has 0 radical (unpaired) electrons. The second-order valence-corrected chi connectivity index (χ2v) is 6.75. The second kappa shape index (κ2) is 8.80. The van der Waals surface area contributed by atoms with Crippen LogP contribution in [0.1, 0.15) is 27.6 Å². The third-order valence-electron chi connectivity index (χ3n) is 4.80. The van der Waals surface area contributed by atoms with Crippen molar-refractivity contribution < 1.29 is 23.8 Å². The van der Waals surface area contributed by atoms with Gasteiger partial charge in [0.2, 0.25) is 0 Å². The standard InChI is InChI=1S/C24H21NO5/c1-28-23(17-10-6-3-7-11-17)24(27)25-19-15-21-20(29-12-13-30-21)14-18(19)22(26)16-8-4-2-5-9-16/h2-11,14-15,23H,12-13H2,1H3,(H,25,27)/t23-/m0/s1. The van der Waals surface area contributed by atoms with Crippen molar-refractivity contribution in [1.29, 1.82) is 0 Å². The maximum Gasteiger partial charge on any atom is 0.258 e. The number of hydrogen-bond donors (Lipinski definition) is 1. The topological polar surface area (TPSA) is 73.9 Å². The van der Waals surface area contributed by atoms with E-state index in [0.29, 0.717) is 47.1 Å². The Hall–Kier alpha value is -3.64. The third-order valence-corrected chi connectivity index (χ3v) is 4.80. The predicted molar refractivity (Wildman–Crippen MR) is 112 cm³/mol. The molecular weight excluding hydrogens is 382 g/mol. The lowest BCUT2D eigenvalue weighted by molar-refractivity contribution is -0.126. The minimum absolute atomic E-state index is 0.225. The van der Waals surface area contributed by atoms with Gasteiger partial charge in [0.15, 0.2) is 23.4 Å². The molecule has 3 aromatic rings. The fraction of sp³-hybridized carbons (Fsp3) is 0.167. The van der Waals surface area contributed by atoms with Crippen LogP contribution in [0.4, 0.5) is 5.69 Å². The van der Waals surface area contributed by atoms with Crippen LogP contribution >= 0.6 is 0 Å². The highest BCUT2D eigenvalue weighted by atomic mass is 16.6. The van der Waals surface area contributed by atoms with Crippen LogP contribution in [0.5, 0.6) is 11.5 Å². The van der Waals surface area contributed by atoms with Crippen molar-refractivity contribution in [2.45, 2.75) is 6.10 Å². The molecule has 0 fully saturated rings. The van der Waals surface area contributed by atoms with E-state index in [4.69, 9.17) is 14.2 Å². The number of fused-ring (bicyclic) bond motifs is 1. The molecule has 0 spiro atoms. The molecular formula is C24H21NO5. The van der Waals surface area contributed by atoms with Crippen LogP contribution in [0.2, 0.25) is 0 Å². The molecule has 0 saturated carbocycles. The fourth-order valence-corrected chi connectivity index (χ4v) is 3.35. The van der Waals surface area contributed by atoms with Gasteiger partial charge in [0.1, 0.15) is 13.2 Å². The van der Waals surface area contributed by atoms with E-state index in [-0.39, 0.29) is 11.7 Å². The van der Waals surface area contributed by atoms with Crippen LogP contribution < -0.4 is 14.8 Å². The lowest BCUT2D eigenvalue weighted by atomic mass is 10.00. The number of benzene rings is 3. The van der Waals surface area contributed by atoms with Gasteiger partial charge in [0, 0.05) is 18.7 Å². The molecule has 152 valence electrons. The van der Waals surface area contributed by atoms with E-state index < -0.39 is 6.10 Å². The average Bonchev–Trinajstić information content (AvgIpc) is 2.80. The van der Waals surface area contributed by atoms with Crippen molar-refractivity contribution in [3.05, 3.63) is 89.5 Å². The smallest absolute Gasteiger partial charge is 0.258 e. The molecule has 0 bridgehead atoms. The molecule has 1 amide bonds. The molecule has 0 aromatic heterocycles. The Bertz CT molecular complexity index is 1050. The average molecular weight is 403 g/mol. The van der Waals surface area contributed by atoms with Crippen molar-refractivity contribution in [2.24, 2.45) is 0 Å². The lowest BCUT2D eigenvalue weighted by Crippen LogP contribution is -2.24. The van der Waals surface area contributed by atoms with E-state index >= 15 is 0 Å². The van der Waals surface area contributed by atoms with Crippen LogP contribution in [0.25, 0.3) is 0 Å². The van der Waals surface area contributed by atoms with Crippen molar-refractivity contribution in [3.8, 4) is 11.5 Å². The summed E-state index contributed by atoms with van der Waals surface area (Å²) >= 11 is 0. The SMILES string of the molecule is CO[C@H](C(=O)Nc1cc2c(cc1C(=O)c1ccccc1)OCCO2)c1ccccc1. The molecule has 1 heterocycles. The van der Waals surface area contributed by atoms with Gasteiger partial charge in [-0.25, -0.2) is 0 Å². The zero-order valence-corrected chi connectivity index (χ0v) is 16.5. The molecule has 4 rings (SSSR count). The number of nitrogens with one attached hydrogen (secondary N) is 1. The van der Waals surface area contributed by atoms with Gasteiger partial charge in [-0.05, 0) is 11.6 Å². The monoisotopic (exact) mass is 403 g/mol. The van der Waals surface area contributed by atoms with Crippen LogP contribution in [-0.4, -0.2) is 32.0 Å². The summed E-state index contributed by atoms with van der Waals surface area (Å²) in [5.74, 6) is 0.346. The number of methoxy groups -OCH3 is 1. The number of ketones is 1. The molecule has 0 unspecified atom stereocenters. The molecule has 3 aromatic carbocycles. The lowest BCUT2D eigenvalue weighted by Gasteiger charge is -2.22. The summed E-state index contributed by atoms with van der Waals surface area (Å²) in [5.41, 5.74) is 1.89. The Labute approximate surface area is 174 Å². The Balaban J connectivity index is 1.71. The summed E-state index contributed by atoms with van der Waals surface area (Å²) in [6, 6.07) is 21.3. The number of carbonyl (C=O) groups is 2. The number of anilines is 1. The number of rotatable bonds is 6. The number of hydrogen-bond acceptors (Lipinski definition) is 5. The largest absolute Gasteiger partial charge is 0.486 e. The summed E-state index contributed by atoms with van der Waals surface area (Å²) in [6.45, 7) is 0.800. The summed E-state index contributed by atoms with van der Waals surface area (Å²) in [5, 5.41) is 2.84. The normalized spacial score (nSPS) is 13.4. The molecule has 1 aliphatic heterocycles. The molecule has 1 aliphatic rings. The van der Waals surface area contributed by atoms with Crippen molar-refractivity contribution in [3.63, 3.8) is 0 Å². The van der Waals surface area contributed by atoms with Gasteiger partial charge in [0.05, 0.1) is 11.3 Å². The number of ether oxygens (including phenoxy) is 3. The highest BCUT2D eigenvalue weighted by molar-refractivity contribution is 6.14. The molecule has 6 heteroatoms. The van der Waals surface area contributed by atoms with Gasteiger partial charge in [-0.3, -0.25) is 9.59 Å². The van der Waals surface area contributed by atoms with E-state index in [1.807, 2.05) is 36.4 Å². The molecule has 0 aliphatic carbocycles. The fourth-order valence-electron chi connectivity index (χ4n) is 3.35. The summed E-state index contributed by atoms with van der Waals surface area (Å²) in [4.78, 5) is 26.2. The van der Waals surface area contributed by atoms with Gasteiger partial charge in [0.25, 0.3) is 5.91 Å². The quantitative estimate of drug-likeness (QED) is 0.630. The third kappa shape index (κ3) is 4.04. The zero-order chi connectivity index (χ0) is 20.9. The van der Waals surface area contributed by atoms with Crippen LogP contribution in [0.3, 0.4) is 0 Å². The number of amides is 1. The van der Waals surface area contributed by atoms with Crippen LogP contribution in [-0.2, 0) is 9.53 Å². The number of carbonyl (C=O) groups excluding carboxylic acids is 2. The molecule has 1 N–H and O–H groups in total. The Morgan fingerprint density at radius 2 is 1.50 bits per heavy atom. The van der Waals surface area contributed by atoms with Crippen molar-refractivity contribution in [2.75, 3.05) is 25.6 Å². The first-order valence-corrected chi connectivity index (χ1v) is 9.59. The van der Waals surface area contributed by atoms with Gasteiger partial charge >= 0.3 is 0 Å². The van der Waals surface area contributed by atoms with Gasteiger partial charge < -0.3 is 19.5 Å². The Morgan fingerprint density at radius 1 is 0.900 bits per heavy atom. The van der Waals surface area contributed by atoms with E-state index in [9.17, 15) is 9.59 Å². The predicted octanol–water partition coefficient (Wildman–Crippen LogP) is 4.02. The Kier molecular flexibility index (Phi) is 5.77. The first kappa shape index (κ1) is 19.7. The first-order chi connectivity index (χ1) is 14.7. The molecule has 6 nitrogen and oxygen atoms in total. The van der Waals surface area contributed by atoms with E-state index in [1.54, 1.807) is 36.4 Å². The second-order valence-electron chi connectivity index (χ2n) is 6.75. The van der Waals surface area contributed by atoms with Crippen LogP contribution in [0, 0.1) is 0 Å². The maximum atomic E-state index is 13.2. The maximum absolute atomic E-state index is 13.2. The van der Waals surface area contributed by atoms with Crippen LogP contribution in [0.15, 0.2) is 72.8 Å². The Morgan fingerprint density at radius 3 is 2.13 bits per heavy atom. The van der Waals surface area contributed by atoms with E-state index in [1.165, 1.54) is 7.11 Å². The molecule has 1 atom stereocenters. The summed E-state index contributed by atoms with van der Waals surface area (Å²) in [7, 11) is 1.47. The van der Waals surface area contributed by atoms with E-state index in [0.717, 1.165) is 0 Å². The van der Waals surface area contributed by atoms with E-state index in [2.05, 4.69) is 5.32 Å². The molecule has 0 saturated heterocycles.